The zero-order valence-electron chi connectivity index (χ0n) is 24.9. The number of methoxy groups -OCH3 is 1. The number of rotatable bonds is 9. The number of hydrogen-bond acceptors (Lipinski definition) is 7. The topological polar surface area (TPSA) is 85.2 Å². The van der Waals surface area contributed by atoms with Crippen molar-refractivity contribution in [1.29, 1.82) is 0 Å². The van der Waals surface area contributed by atoms with E-state index >= 15 is 0 Å². The van der Waals surface area contributed by atoms with Crippen molar-refractivity contribution >= 4 is 17.7 Å². The number of carbonyl (C=O) groups excluding carboxylic acids is 1. The van der Waals surface area contributed by atoms with Crippen LogP contribution in [0.2, 0.25) is 0 Å². The summed E-state index contributed by atoms with van der Waals surface area (Å²) in [5, 5.41) is 16.7. The van der Waals surface area contributed by atoms with Crippen LogP contribution in [0, 0.1) is 0 Å². The highest BCUT2D eigenvalue weighted by Gasteiger charge is 2.64. The lowest BCUT2D eigenvalue weighted by molar-refractivity contribution is -0.150. The molecule has 1 aromatic heterocycles. The number of β-lactam (4-membered cyclic amide) rings is 1. The average Bonchev–Trinajstić information content (AvgIpc) is 3.61. The summed E-state index contributed by atoms with van der Waals surface area (Å²) in [5.41, 5.74) is 3.44. The molecule has 222 valence electrons. The summed E-state index contributed by atoms with van der Waals surface area (Å²) < 4.78 is 7.04. The molecule has 0 aliphatic carbocycles. The molecule has 1 N–H and O–H groups in total. The van der Waals surface area contributed by atoms with E-state index in [9.17, 15) is 4.79 Å². The Morgan fingerprint density at radius 3 is 1.95 bits per heavy atom. The van der Waals surface area contributed by atoms with Gasteiger partial charge in [-0.3, -0.25) is 10.1 Å². The van der Waals surface area contributed by atoms with Crippen LogP contribution in [0.15, 0.2) is 115 Å². The van der Waals surface area contributed by atoms with Gasteiger partial charge in [0, 0.05) is 10.3 Å². The molecule has 2 saturated heterocycles. The monoisotopic (exact) mass is 602 g/mol. The lowest BCUT2D eigenvalue weighted by Crippen LogP contribution is -2.70. The van der Waals surface area contributed by atoms with Gasteiger partial charge >= 0.3 is 0 Å². The van der Waals surface area contributed by atoms with Crippen LogP contribution in [0.25, 0.3) is 0 Å². The molecule has 7 rings (SSSR count). The van der Waals surface area contributed by atoms with E-state index in [0.717, 1.165) is 28.0 Å². The number of carbonyl (C=O) groups is 1. The standard InChI is InChI=1S/C35H34N6O2S/c1-34(2)30(31-37-38-39-40(31)23-24-15-13-14-22-28(24)43-3)41-32(42)29(33(41)44-34)36-35(25-16-7-4-8-17-25,26-18-9-5-10-19-26)27-20-11-6-12-21-27/h4-22,29-30,33,36H,23H2,1-3H3. The van der Waals surface area contributed by atoms with E-state index in [1.54, 1.807) is 23.6 Å². The van der Waals surface area contributed by atoms with Gasteiger partial charge in [0.15, 0.2) is 5.82 Å². The molecule has 1 amide bonds. The number of nitrogens with zero attached hydrogens (tertiary/aromatic N) is 5. The van der Waals surface area contributed by atoms with E-state index in [-0.39, 0.29) is 22.1 Å². The molecule has 2 fully saturated rings. The van der Waals surface area contributed by atoms with Crippen molar-refractivity contribution < 1.29 is 9.53 Å². The first kappa shape index (κ1) is 28.3. The molecule has 0 radical (unpaired) electrons. The highest BCUT2D eigenvalue weighted by Crippen LogP contribution is 2.57. The van der Waals surface area contributed by atoms with Gasteiger partial charge in [0.25, 0.3) is 0 Å². The van der Waals surface area contributed by atoms with Crippen LogP contribution in [0.1, 0.15) is 48.0 Å². The molecule has 3 atom stereocenters. The van der Waals surface area contributed by atoms with Gasteiger partial charge in [0.1, 0.15) is 23.2 Å². The lowest BCUT2D eigenvalue weighted by atomic mass is 9.76. The minimum Gasteiger partial charge on any atom is -0.496 e. The predicted molar refractivity (Wildman–Crippen MR) is 171 cm³/mol. The minimum atomic E-state index is -0.746. The number of tetrazole rings is 1. The van der Waals surface area contributed by atoms with Crippen LogP contribution in [0.5, 0.6) is 5.75 Å². The molecule has 3 heterocycles. The Balaban J connectivity index is 1.26. The first-order valence-electron chi connectivity index (χ1n) is 14.8. The van der Waals surface area contributed by atoms with Gasteiger partial charge in [-0.25, -0.2) is 4.68 Å². The fraction of sp³-hybridized carbons (Fsp3) is 0.257. The van der Waals surface area contributed by atoms with Gasteiger partial charge in [-0.2, -0.15) is 0 Å². The van der Waals surface area contributed by atoms with E-state index < -0.39 is 11.6 Å². The number of thioether (sulfide) groups is 1. The summed E-state index contributed by atoms with van der Waals surface area (Å²) in [6, 6.07) is 38.3. The van der Waals surface area contributed by atoms with Gasteiger partial charge in [-0.05, 0) is 47.0 Å². The summed E-state index contributed by atoms with van der Waals surface area (Å²) in [6.45, 7) is 4.79. The van der Waals surface area contributed by atoms with Gasteiger partial charge in [-0.15, -0.1) is 16.9 Å². The molecule has 8 nitrogen and oxygen atoms in total. The van der Waals surface area contributed by atoms with Crippen LogP contribution >= 0.6 is 11.8 Å². The number of benzene rings is 4. The van der Waals surface area contributed by atoms with E-state index in [0.29, 0.717) is 12.4 Å². The zero-order chi connectivity index (χ0) is 30.3. The van der Waals surface area contributed by atoms with Gasteiger partial charge in [-0.1, -0.05) is 109 Å². The van der Waals surface area contributed by atoms with Crippen LogP contribution in [0.3, 0.4) is 0 Å². The third-order valence-electron chi connectivity index (χ3n) is 8.75. The number of hydrogen-bond donors (Lipinski definition) is 1. The van der Waals surface area contributed by atoms with E-state index in [4.69, 9.17) is 4.74 Å². The maximum absolute atomic E-state index is 14.3. The van der Waals surface area contributed by atoms with Gasteiger partial charge in [0.05, 0.1) is 19.2 Å². The van der Waals surface area contributed by atoms with E-state index in [1.807, 2.05) is 47.4 Å². The molecule has 2 aliphatic rings. The first-order chi connectivity index (χ1) is 21.4. The summed E-state index contributed by atoms with van der Waals surface area (Å²) in [7, 11) is 1.66. The van der Waals surface area contributed by atoms with Gasteiger partial charge in [0.2, 0.25) is 5.91 Å². The number of ether oxygens (including phenoxy) is 1. The third-order valence-corrected chi connectivity index (χ3v) is 10.3. The maximum atomic E-state index is 14.3. The average molecular weight is 603 g/mol. The second kappa shape index (κ2) is 11.2. The molecule has 44 heavy (non-hydrogen) atoms. The van der Waals surface area contributed by atoms with Crippen molar-refractivity contribution in [1.82, 2.24) is 30.4 Å². The number of aromatic nitrogens is 4. The number of fused-ring (bicyclic) bond motifs is 1. The van der Waals surface area contributed by atoms with Crippen molar-refractivity contribution in [3.63, 3.8) is 0 Å². The highest BCUT2D eigenvalue weighted by molar-refractivity contribution is 8.01. The molecule has 4 aromatic carbocycles. The van der Waals surface area contributed by atoms with Crippen molar-refractivity contribution in [3.05, 3.63) is 143 Å². The predicted octanol–water partition coefficient (Wildman–Crippen LogP) is 5.42. The Hall–Kier alpha value is -4.47. The fourth-order valence-electron chi connectivity index (χ4n) is 6.73. The summed E-state index contributed by atoms with van der Waals surface area (Å²) in [4.78, 5) is 16.3. The molecule has 0 spiro atoms. The molecule has 2 aliphatic heterocycles. The smallest absolute Gasteiger partial charge is 0.244 e. The molecule has 0 saturated carbocycles. The number of para-hydroxylation sites is 1. The molecule has 5 aromatic rings. The normalized spacial score (nSPS) is 20.7. The van der Waals surface area contributed by atoms with Crippen molar-refractivity contribution in [2.45, 2.75) is 48.1 Å². The van der Waals surface area contributed by atoms with Crippen molar-refractivity contribution in [2.24, 2.45) is 0 Å². The van der Waals surface area contributed by atoms with Crippen LogP contribution < -0.4 is 10.1 Å². The Morgan fingerprint density at radius 2 is 1.39 bits per heavy atom. The summed E-state index contributed by atoms with van der Waals surface area (Å²) >= 11 is 1.79. The van der Waals surface area contributed by atoms with Crippen molar-refractivity contribution in [2.75, 3.05) is 7.11 Å². The van der Waals surface area contributed by atoms with E-state index in [1.165, 1.54) is 0 Å². The Morgan fingerprint density at radius 1 is 0.841 bits per heavy atom. The largest absolute Gasteiger partial charge is 0.496 e. The number of amides is 1. The quantitative estimate of drug-likeness (QED) is 0.178. The Bertz CT molecular complexity index is 1670. The molecular formula is C35H34N6O2S. The highest BCUT2D eigenvalue weighted by atomic mass is 32.2. The zero-order valence-corrected chi connectivity index (χ0v) is 25.7. The van der Waals surface area contributed by atoms with Crippen molar-refractivity contribution in [3.8, 4) is 5.75 Å². The first-order valence-corrected chi connectivity index (χ1v) is 15.6. The summed E-state index contributed by atoms with van der Waals surface area (Å²) in [5.74, 6) is 1.48. The van der Waals surface area contributed by atoms with Crippen LogP contribution in [0.4, 0.5) is 0 Å². The third kappa shape index (κ3) is 4.58. The Labute approximate surface area is 261 Å². The van der Waals surface area contributed by atoms with Crippen LogP contribution in [-0.4, -0.2) is 54.3 Å². The Kier molecular flexibility index (Phi) is 7.22. The second-order valence-electron chi connectivity index (χ2n) is 11.7. The van der Waals surface area contributed by atoms with E-state index in [2.05, 4.69) is 107 Å². The summed E-state index contributed by atoms with van der Waals surface area (Å²) in [6.07, 6.45) is 0. The SMILES string of the molecule is COc1ccccc1Cn1nnnc1C1N2C(=O)C(NC(c3ccccc3)(c3ccccc3)c3ccccc3)C2SC1(C)C. The fourth-order valence-corrected chi connectivity index (χ4v) is 8.36. The molecule has 0 bridgehead atoms. The molecule has 9 heteroatoms. The second-order valence-corrected chi connectivity index (χ2v) is 13.5. The minimum absolute atomic E-state index is 0.0390. The molecular weight excluding hydrogens is 568 g/mol. The lowest BCUT2D eigenvalue weighted by Gasteiger charge is -2.49. The molecule has 3 unspecified atom stereocenters. The number of nitrogens with one attached hydrogen (secondary N) is 1. The maximum Gasteiger partial charge on any atom is 0.244 e. The van der Waals surface area contributed by atoms with Crippen LogP contribution in [-0.2, 0) is 16.9 Å². The van der Waals surface area contributed by atoms with Gasteiger partial charge < -0.3 is 9.64 Å².